The Morgan fingerprint density at radius 3 is 2.14 bits per heavy atom. The molecule has 3 amide bonds. The van der Waals surface area contributed by atoms with Crippen molar-refractivity contribution in [1.82, 2.24) is 15.1 Å². The van der Waals surface area contributed by atoms with E-state index in [1.165, 1.54) is 11.1 Å². The number of nitrogens with zero attached hydrogens (tertiary/aromatic N) is 2. The zero-order valence-corrected chi connectivity index (χ0v) is 19.7. The van der Waals surface area contributed by atoms with Gasteiger partial charge in [0.05, 0.1) is 5.70 Å². The van der Waals surface area contributed by atoms with Crippen LogP contribution in [0.2, 0.25) is 0 Å². The highest BCUT2D eigenvalue weighted by atomic mass is 19.4. The maximum absolute atomic E-state index is 13.4. The van der Waals surface area contributed by atoms with Gasteiger partial charge in [0, 0.05) is 12.6 Å². The average molecular weight is 502 g/mol. The van der Waals surface area contributed by atoms with Crippen molar-refractivity contribution in [1.29, 1.82) is 0 Å². The van der Waals surface area contributed by atoms with Gasteiger partial charge in [0.1, 0.15) is 18.6 Å². The number of carbonyl (C=O) groups is 4. The second kappa shape index (κ2) is 11.2. The summed E-state index contributed by atoms with van der Waals surface area (Å²) in [6, 6.07) is 13.7. The standard InChI is InChI=1S/C26H26F3N3O4/c1-17(2)23-25(36)32(21(14-31(23)16-33)19-11-7-4-8-12-19)15-22(34)30-20(24(35)26(27,28)29)13-18-9-5-3-6-10-18/h3-12,14,16-17,20,23H,13,15H2,1-2H3,(H,30,34). The summed E-state index contributed by atoms with van der Waals surface area (Å²) in [5.41, 5.74) is 1.20. The van der Waals surface area contributed by atoms with Crippen LogP contribution in [0.25, 0.3) is 5.70 Å². The fraction of sp³-hybridized carbons (Fsp3) is 0.308. The number of carbonyl (C=O) groups excluding carboxylic acids is 4. The molecule has 190 valence electrons. The Kier molecular flexibility index (Phi) is 8.29. The first-order valence-corrected chi connectivity index (χ1v) is 11.3. The highest BCUT2D eigenvalue weighted by Crippen LogP contribution is 2.29. The van der Waals surface area contributed by atoms with Crippen LogP contribution < -0.4 is 5.32 Å². The fourth-order valence-electron chi connectivity index (χ4n) is 4.07. The lowest BCUT2D eigenvalue weighted by molar-refractivity contribution is -0.173. The second-order valence-corrected chi connectivity index (χ2v) is 8.72. The molecular weight excluding hydrogens is 475 g/mol. The quantitative estimate of drug-likeness (QED) is 0.535. The molecule has 3 rings (SSSR count). The van der Waals surface area contributed by atoms with Crippen molar-refractivity contribution in [2.45, 2.75) is 38.5 Å². The SMILES string of the molecule is CC(C)C1C(=O)N(CC(=O)NC(Cc2ccccc2)C(=O)C(F)(F)F)C(c2ccccc2)=CN1C=O. The summed E-state index contributed by atoms with van der Waals surface area (Å²) in [4.78, 5) is 52.5. The summed E-state index contributed by atoms with van der Waals surface area (Å²) >= 11 is 0. The van der Waals surface area contributed by atoms with Gasteiger partial charge in [-0.1, -0.05) is 74.5 Å². The lowest BCUT2D eigenvalue weighted by Gasteiger charge is -2.39. The summed E-state index contributed by atoms with van der Waals surface area (Å²) in [5.74, 6) is -3.89. The number of benzene rings is 2. The molecule has 1 N–H and O–H groups in total. The Morgan fingerprint density at radius 2 is 1.61 bits per heavy atom. The van der Waals surface area contributed by atoms with Crippen molar-refractivity contribution in [3.8, 4) is 0 Å². The summed E-state index contributed by atoms with van der Waals surface area (Å²) < 4.78 is 39.8. The van der Waals surface area contributed by atoms with Gasteiger partial charge in [-0.25, -0.2) is 0 Å². The minimum Gasteiger partial charge on any atom is -0.344 e. The molecule has 36 heavy (non-hydrogen) atoms. The monoisotopic (exact) mass is 501 g/mol. The van der Waals surface area contributed by atoms with Gasteiger partial charge < -0.3 is 10.2 Å². The normalized spacial score (nSPS) is 17.0. The highest BCUT2D eigenvalue weighted by molar-refractivity contribution is 5.99. The van der Waals surface area contributed by atoms with Gasteiger partial charge >= 0.3 is 6.18 Å². The van der Waals surface area contributed by atoms with Crippen molar-refractivity contribution in [2.75, 3.05) is 6.54 Å². The summed E-state index contributed by atoms with van der Waals surface area (Å²) in [5, 5.41) is 2.17. The van der Waals surface area contributed by atoms with Gasteiger partial charge in [0.15, 0.2) is 0 Å². The number of Topliss-reactive ketones (excluding diaryl/α,β-unsaturated/α-hetero) is 1. The third-order valence-corrected chi connectivity index (χ3v) is 5.74. The number of amides is 3. The molecule has 10 heteroatoms. The first-order chi connectivity index (χ1) is 17.0. The minimum absolute atomic E-state index is 0.238. The predicted octanol–water partition coefficient (Wildman–Crippen LogP) is 3.17. The van der Waals surface area contributed by atoms with Gasteiger partial charge in [0.2, 0.25) is 12.3 Å². The van der Waals surface area contributed by atoms with E-state index in [0.717, 1.165) is 4.90 Å². The largest absolute Gasteiger partial charge is 0.452 e. The van der Waals surface area contributed by atoms with E-state index in [2.05, 4.69) is 5.32 Å². The third-order valence-electron chi connectivity index (χ3n) is 5.74. The van der Waals surface area contributed by atoms with E-state index in [-0.39, 0.29) is 18.0 Å². The number of rotatable bonds is 9. The Morgan fingerprint density at radius 1 is 1.03 bits per heavy atom. The van der Waals surface area contributed by atoms with E-state index in [0.29, 0.717) is 17.5 Å². The van der Waals surface area contributed by atoms with Crippen LogP contribution in [-0.4, -0.2) is 58.6 Å². The number of halogens is 3. The van der Waals surface area contributed by atoms with E-state index < -0.39 is 42.4 Å². The summed E-state index contributed by atoms with van der Waals surface area (Å²) in [6.45, 7) is 2.83. The molecule has 0 aliphatic carbocycles. The van der Waals surface area contributed by atoms with Gasteiger partial charge in [0.25, 0.3) is 11.7 Å². The molecule has 1 aliphatic rings. The molecule has 2 aromatic carbocycles. The summed E-state index contributed by atoms with van der Waals surface area (Å²) in [6.07, 6.45) is -3.57. The van der Waals surface area contributed by atoms with E-state index in [1.54, 1.807) is 74.5 Å². The van der Waals surface area contributed by atoms with Gasteiger partial charge in [-0.05, 0) is 17.0 Å². The molecule has 1 aliphatic heterocycles. The molecule has 7 nitrogen and oxygen atoms in total. The number of nitrogens with one attached hydrogen (secondary N) is 1. The third kappa shape index (κ3) is 6.18. The molecule has 2 atom stereocenters. The molecular formula is C26H26F3N3O4. The Labute approximate surface area is 206 Å². The molecule has 2 aromatic rings. The van der Waals surface area contributed by atoms with Crippen LogP contribution in [0.3, 0.4) is 0 Å². The lowest BCUT2D eigenvalue weighted by atomic mass is 9.97. The maximum atomic E-state index is 13.4. The smallest absolute Gasteiger partial charge is 0.344 e. The molecule has 0 saturated carbocycles. The molecule has 1 heterocycles. The van der Waals surface area contributed by atoms with Gasteiger partial charge in [-0.2, -0.15) is 13.2 Å². The number of hydrogen-bond acceptors (Lipinski definition) is 4. The van der Waals surface area contributed by atoms with E-state index in [1.807, 2.05) is 0 Å². The van der Waals surface area contributed by atoms with Crippen LogP contribution in [0.1, 0.15) is 25.0 Å². The summed E-state index contributed by atoms with van der Waals surface area (Å²) in [7, 11) is 0. The van der Waals surface area contributed by atoms with E-state index >= 15 is 0 Å². The van der Waals surface area contributed by atoms with Crippen LogP contribution in [0.15, 0.2) is 66.9 Å². The molecule has 0 bridgehead atoms. The minimum atomic E-state index is -5.16. The average Bonchev–Trinajstić information content (AvgIpc) is 2.84. The Balaban J connectivity index is 1.91. The fourth-order valence-corrected chi connectivity index (χ4v) is 4.07. The molecule has 0 radical (unpaired) electrons. The van der Waals surface area contributed by atoms with Gasteiger partial charge in [-0.15, -0.1) is 0 Å². The molecule has 0 fully saturated rings. The van der Waals surface area contributed by atoms with Crippen molar-refractivity contribution in [3.05, 3.63) is 78.0 Å². The van der Waals surface area contributed by atoms with Crippen LogP contribution in [0.4, 0.5) is 13.2 Å². The first kappa shape index (κ1) is 26.7. The predicted molar refractivity (Wildman–Crippen MR) is 126 cm³/mol. The Hall–Kier alpha value is -3.95. The van der Waals surface area contributed by atoms with Crippen molar-refractivity contribution in [3.63, 3.8) is 0 Å². The van der Waals surface area contributed by atoms with Crippen LogP contribution in [0, 0.1) is 5.92 Å². The van der Waals surface area contributed by atoms with Gasteiger partial charge in [-0.3, -0.25) is 24.1 Å². The Bertz CT molecular complexity index is 1130. The zero-order chi connectivity index (χ0) is 26.5. The maximum Gasteiger partial charge on any atom is 0.452 e. The molecule has 0 saturated heterocycles. The molecule has 2 unspecified atom stereocenters. The van der Waals surface area contributed by atoms with Crippen LogP contribution in [0.5, 0.6) is 0 Å². The van der Waals surface area contributed by atoms with Crippen molar-refractivity contribution < 1.29 is 32.3 Å². The number of alkyl halides is 3. The number of hydrogen-bond donors (Lipinski definition) is 1. The van der Waals surface area contributed by atoms with Crippen molar-refractivity contribution in [2.24, 2.45) is 5.92 Å². The van der Waals surface area contributed by atoms with Crippen LogP contribution >= 0.6 is 0 Å². The zero-order valence-electron chi connectivity index (χ0n) is 19.7. The highest BCUT2D eigenvalue weighted by Gasteiger charge is 2.44. The molecule has 0 spiro atoms. The van der Waals surface area contributed by atoms with Crippen LogP contribution in [-0.2, 0) is 25.6 Å². The lowest BCUT2D eigenvalue weighted by Crippen LogP contribution is -2.56. The molecule has 0 aromatic heterocycles. The first-order valence-electron chi connectivity index (χ1n) is 11.3. The number of ketones is 1. The second-order valence-electron chi connectivity index (χ2n) is 8.72. The van der Waals surface area contributed by atoms with Crippen molar-refractivity contribution >= 4 is 29.7 Å². The topological polar surface area (TPSA) is 86.8 Å². The van der Waals surface area contributed by atoms with E-state index in [9.17, 15) is 32.3 Å². The van der Waals surface area contributed by atoms with E-state index in [4.69, 9.17) is 0 Å².